The molecule has 0 heterocycles. The molecular weight excluding hydrogens is 355 g/mol. The summed E-state index contributed by atoms with van der Waals surface area (Å²) in [6.45, 7) is -0.0467. The Morgan fingerprint density at radius 2 is 2.15 bits per heavy atom. The monoisotopic (exact) mass is 368 g/mol. The first-order chi connectivity index (χ1) is 9.26. The molecule has 0 unspecified atom stereocenters. The Hall–Kier alpha value is -1.19. The lowest BCUT2D eigenvalue weighted by Gasteiger charge is -2.18. The van der Waals surface area contributed by atoms with E-state index in [1.165, 1.54) is 26.3 Å². The van der Waals surface area contributed by atoms with Gasteiger partial charge in [-0.25, -0.2) is 4.39 Å². The maximum absolute atomic E-state index is 13.1. The molecule has 1 rings (SSSR count). The number of methoxy groups -OCH3 is 1. The molecule has 0 amide bonds. The quantitative estimate of drug-likeness (QED) is 0.776. The molecule has 0 saturated carbocycles. The van der Waals surface area contributed by atoms with Crippen molar-refractivity contribution in [2.75, 3.05) is 25.4 Å². The van der Waals surface area contributed by atoms with Gasteiger partial charge < -0.3 is 4.74 Å². The molecule has 0 saturated heterocycles. The summed E-state index contributed by atoms with van der Waals surface area (Å²) < 4.78 is 45.1. The zero-order valence-corrected chi connectivity index (χ0v) is 13.3. The van der Waals surface area contributed by atoms with Crippen LogP contribution in [-0.2, 0) is 19.7 Å². The summed E-state index contributed by atoms with van der Waals surface area (Å²) in [5.41, 5.74) is 0.0786. The number of ether oxygens (including phenoxy) is 1. The third kappa shape index (κ3) is 4.73. The van der Waals surface area contributed by atoms with E-state index in [9.17, 15) is 17.6 Å². The number of nitrogens with one attached hydrogen (secondary N) is 1. The van der Waals surface area contributed by atoms with Crippen molar-refractivity contribution in [1.29, 1.82) is 0 Å². The van der Waals surface area contributed by atoms with Crippen molar-refractivity contribution >= 4 is 37.8 Å². The molecule has 9 heteroatoms. The highest BCUT2D eigenvalue weighted by Crippen LogP contribution is 2.24. The summed E-state index contributed by atoms with van der Waals surface area (Å²) in [6.07, 6.45) is -0.0712. The van der Waals surface area contributed by atoms with E-state index in [0.29, 0.717) is 4.47 Å². The predicted octanol–water partition coefficient (Wildman–Crippen LogP) is 1.74. The van der Waals surface area contributed by atoms with E-state index in [2.05, 4.69) is 25.4 Å². The molecule has 1 N–H and O–H groups in total. The molecule has 0 radical (unpaired) electrons. The van der Waals surface area contributed by atoms with Gasteiger partial charge in [0.1, 0.15) is 5.82 Å². The van der Waals surface area contributed by atoms with Crippen LogP contribution in [0.1, 0.15) is 6.42 Å². The van der Waals surface area contributed by atoms with E-state index in [4.69, 9.17) is 0 Å². The van der Waals surface area contributed by atoms with Crippen molar-refractivity contribution in [2.24, 2.45) is 0 Å². The van der Waals surface area contributed by atoms with Gasteiger partial charge in [-0.15, -0.1) is 0 Å². The Kier molecular flexibility index (Phi) is 5.90. The van der Waals surface area contributed by atoms with Crippen LogP contribution in [0.3, 0.4) is 0 Å². The van der Waals surface area contributed by atoms with Crippen LogP contribution >= 0.6 is 15.9 Å². The largest absolute Gasteiger partial charge is 0.469 e. The van der Waals surface area contributed by atoms with Crippen molar-refractivity contribution in [1.82, 2.24) is 4.31 Å². The topological polar surface area (TPSA) is 75.7 Å². The first-order valence-electron chi connectivity index (χ1n) is 5.52. The zero-order valence-electron chi connectivity index (χ0n) is 10.9. The van der Waals surface area contributed by atoms with Crippen LogP contribution in [-0.4, -0.2) is 39.4 Å². The maximum atomic E-state index is 13.1. The number of esters is 1. The second-order valence-electron chi connectivity index (χ2n) is 3.88. The van der Waals surface area contributed by atoms with Crippen molar-refractivity contribution in [3.8, 4) is 0 Å². The fourth-order valence-electron chi connectivity index (χ4n) is 1.26. The van der Waals surface area contributed by atoms with E-state index in [0.717, 1.165) is 10.4 Å². The van der Waals surface area contributed by atoms with E-state index in [1.54, 1.807) is 0 Å². The fraction of sp³-hybridized carbons (Fsp3) is 0.364. The number of carbonyl (C=O) groups excluding carboxylic acids is 1. The second kappa shape index (κ2) is 7.00. The third-order valence-electron chi connectivity index (χ3n) is 2.44. The molecule has 0 aliphatic carbocycles. The molecule has 20 heavy (non-hydrogen) atoms. The molecule has 112 valence electrons. The third-order valence-corrected chi connectivity index (χ3v) is 4.61. The van der Waals surface area contributed by atoms with Gasteiger partial charge in [0.15, 0.2) is 0 Å². The van der Waals surface area contributed by atoms with Crippen molar-refractivity contribution in [3.05, 3.63) is 28.5 Å². The Labute approximate surface area is 125 Å². The molecule has 0 bridgehead atoms. The first-order valence-corrected chi connectivity index (χ1v) is 7.75. The molecule has 0 aliphatic rings. The minimum atomic E-state index is -3.88. The first kappa shape index (κ1) is 16.9. The van der Waals surface area contributed by atoms with Crippen LogP contribution in [0.25, 0.3) is 0 Å². The Morgan fingerprint density at radius 3 is 2.75 bits per heavy atom. The molecular formula is C11H14BrFN2O4S. The van der Waals surface area contributed by atoms with Crippen LogP contribution in [0.2, 0.25) is 0 Å². The van der Waals surface area contributed by atoms with Gasteiger partial charge in [-0.2, -0.15) is 12.7 Å². The molecule has 6 nitrogen and oxygen atoms in total. The lowest BCUT2D eigenvalue weighted by Crippen LogP contribution is -2.34. The van der Waals surface area contributed by atoms with Crippen LogP contribution in [0, 0.1) is 5.82 Å². The Bertz CT molecular complexity index is 594. The van der Waals surface area contributed by atoms with Gasteiger partial charge in [-0.3, -0.25) is 9.52 Å². The summed E-state index contributed by atoms with van der Waals surface area (Å²) in [6, 6.07) is 3.64. The molecule has 1 aromatic rings. The van der Waals surface area contributed by atoms with Gasteiger partial charge in [0.05, 0.1) is 19.2 Å². The summed E-state index contributed by atoms with van der Waals surface area (Å²) in [5.74, 6) is -1.08. The summed E-state index contributed by atoms with van der Waals surface area (Å²) in [7, 11) is -1.35. The van der Waals surface area contributed by atoms with Crippen LogP contribution < -0.4 is 4.72 Å². The fourth-order valence-corrected chi connectivity index (χ4v) is 2.67. The summed E-state index contributed by atoms with van der Waals surface area (Å²) >= 11 is 3.12. The number of carbonyl (C=O) groups is 1. The average molecular weight is 369 g/mol. The summed E-state index contributed by atoms with van der Waals surface area (Å²) in [5, 5.41) is 0. The maximum Gasteiger partial charge on any atom is 0.306 e. The van der Waals surface area contributed by atoms with E-state index in [1.807, 2.05) is 0 Å². The number of rotatable bonds is 6. The highest BCUT2D eigenvalue weighted by atomic mass is 79.9. The lowest BCUT2D eigenvalue weighted by molar-refractivity contribution is -0.140. The molecule has 0 atom stereocenters. The van der Waals surface area contributed by atoms with E-state index >= 15 is 0 Å². The molecule has 0 fully saturated rings. The van der Waals surface area contributed by atoms with Gasteiger partial charge in [-0.1, -0.05) is 0 Å². The minimum absolute atomic E-state index is 0.0467. The van der Waals surface area contributed by atoms with Crippen molar-refractivity contribution < 1.29 is 22.3 Å². The van der Waals surface area contributed by atoms with Crippen molar-refractivity contribution in [3.63, 3.8) is 0 Å². The average Bonchev–Trinajstić information content (AvgIpc) is 2.39. The lowest BCUT2D eigenvalue weighted by atomic mass is 10.3. The Morgan fingerprint density at radius 1 is 1.50 bits per heavy atom. The van der Waals surface area contributed by atoms with Gasteiger partial charge in [0.25, 0.3) is 0 Å². The number of benzene rings is 1. The number of hydrogen-bond donors (Lipinski definition) is 1. The smallest absolute Gasteiger partial charge is 0.306 e. The van der Waals surface area contributed by atoms with Crippen LogP contribution in [0.4, 0.5) is 10.1 Å². The van der Waals surface area contributed by atoms with Gasteiger partial charge in [0, 0.05) is 18.1 Å². The molecule has 1 aromatic carbocycles. The highest BCUT2D eigenvalue weighted by Gasteiger charge is 2.20. The zero-order chi connectivity index (χ0) is 15.3. The van der Waals surface area contributed by atoms with Crippen molar-refractivity contribution in [2.45, 2.75) is 6.42 Å². The van der Waals surface area contributed by atoms with Crippen LogP contribution in [0.15, 0.2) is 22.7 Å². The molecule has 0 aliphatic heterocycles. The molecule has 0 aromatic heterocycles. The number of hydrogen-bond acceptors (Lipinski definition) is 4. The Balaban J connectivity index is 2.78. The minimum Gasteiger partial charge on any atom is -0.469 e. The van der Waals surface area contributed by atoms with Gasteiger partial charge >= 0.3 is 16.2 Å². The standard InChI is InChI=1S/C11H14BrFN2O4S/c1-15(6-5-11(16)19-2)20(17,18)14-10-7-8(13)3-4-9(10)12/h3-4,7,14H,5-6H2,1-2H3. The van der Waals surface area contributed by atoms with Crippen LogP contribution in [0.5, 0.6) is 0 Å². The summed E-state index contributed by atoms with van der Waals surface area (Å²) in [4.78, 5) is 11.0. The molecule has 0 spiro atoms. The van der Waals surface area contributed by atoms with Gasteiger partial charge in [-0.05, 0) is 34.1 Å². The van der Waals surface area contributed by atoms with E-state index < -0.39 is 22.0 Å². The highest BCUT2D eigenvalue weighted by molar-refractivity contribution is 9.10. The number of halogens is 2. The number of nitrogens with zero attached hydrogens (tertiary/aromatic N) is 1. The number of anilines is 1. The SMILES string of the molecule is COC(=O)CCN(C)S(=O)(=O)Nc1cc(F)ccc1Br. The second-order valence-corrected chi connectivity index (χ2v) is 6.51. The van der Waals surface area contributed by atoms with E-state index in [-0.39, 0.29) is 18.7 Å². The predicted molar refractivity (Wildman–Crippen MR) is 75.9 cm³/mol. The normalized spacial score (nSPS) is 11.4. The van der Waals surface area contributed by atoms with Gasteiger partial charge in [0.2, 0.25) is 0 Å².